The average Bonchev–Trinajstić information content (AvgIpc) is 3.15. The lowest BCUT2D eigenvalue weighted by Crippen LogP contribution is -2.28. The van der Waals surface area contributed by atoms with Crippen LogP contribution in [0.15, 0.2) is 36.7 Å². The summed E-state index contributed by atoms with van der Waals surface area (Å²) in [5.41, 5.74) is 3.21. The fourth-order valence-corrected chi connectivity index (χ4v) is 3.28. The maximum absolute atomic E-state index is 12.8. The number of aromatic nitrogens is 2. The number of nitrogens with zero attached hydrogens (tertiary/aromatic N) is 2. The normalized spacial score (nSPS) is 20.9. The van der Waals surface area contributed by atoms with Gasteiger partial charge < -0.3 is 10.6 Å². The van der Waals surface area contributed by atoms with Crippen LogP contribution in [-0.2, 0) is 11.8 Å². The number of carbonyl (C=O) groups excluding carboxylic acids is 1. The molecule has 1 aliphatic rings. The Balaban J connectivity index is 1.78. The summed E-state index contributed by atoms with van der Waals surface area (Å²) in [6.45, 7) is 5.80. The molecular weight excluding hydrogens is 288 g/mol. The third kappa shape index (κ3) is 3.29. The van der Waals surface area contributed by atoms with Crippen LogP contribution in [0.5, 0.6) is 0 Å². The van der Waals surface area contributed by atoms with Crippen LogP contribution < -0.4 is 10.6 Å². The Labute approximate surface area is 137 Å². The summed E-state index contributed by atoms with van der Waals surface area (Å²) in [6, 6.07) is 8.04. The minimum Gasteiger partial charge on any atom is -0.326 e. The summed E-state index contributed by atoms with van der Waals surface area (Å²) in [5, 5.41) is 10.7. The lowest BCUT2D eigenvalue weighted by Gasteiger charge is -2.19. The Morgan fingerprint density at radius 2 is 2.13 bits per heavy atom. The Kier molecular flexibility index (Phi) is 4.48. The van der Waals surface area contributed by atoms with Gasteiger partial charge in [-0.15, -0.1) is 0 Å². The van der Waals surface area contributed by atoms with Gasteiger partial charge in [0.05, 0.1) is 12.1 Å². The number of nitrogens with one attached hydrogen (secondary N) is 2. The zero-order valence-electron chi connectivity index (χ0n) is 13.9. The molecule has 5 heteroatoms. The van der Waals surface area contributed by atoms with Crippen molar-refractivity contribution in [2.24, 2.45) is 13.0 Å². The Morgan fingerprint density at radius 1 is 1.35 bits per heavy atom. The highest BCUT2D eigenvalue weighted by Crippen LogP contribution is 2.30. The van der Waals surface area contributed by atoms with Gasteiger partial charge in [0, 0.05) is 37.9 Å². The summed E-state index contributed by atoms with van der Waals surface area (Å²) in [5.74, 6) is 0.564. The van der Waals surface area contributed by atoms with E-state index in [4.69, 9.17) is 0 Å². The molecule has 5 nitrogen and oxygen atoms in total. The van der Waals surface area contributed by atoms with Crippen LogP contribution in [0.2, 0.25) is 0 Å². The van der Waals surface area contributed by atoms with Crippen LogP contribution >= 0.6 is 0 Å². The van der Waals surface area contributed by atoms with Gasteiger partial charge >= 0.3 is 0 Å². The van der Waals surface area contributed by atoms with Gasteiger partial charge in [-0.1, -0.05) is 32.0 Å². The number of anilines is 1. The molecule has 1 fully saturated rings. The first-order chi connectivity index (χ1) is 11.1. The average molecular weight is 312 g/mol. The molecular formula is C18H24N4O. The van der Waals surface area contributed by atoms with Crippen LogP contribution in [0.1, 0.15) is 36.8 Å². The number of carbonyl (C=O) groups is 1. The summed E-state index contributed by atoms with van der Waals surface area (Å²) in [6.07, 6.45) is 3.86. The maximum atomic E-state index is 12.8. The fraction of sp³-hybridized carbons (Fsp3) is 0.444. The Morgan fingerprint density at radius 3 is 2.83 bits per heavy atom. The molecule has 1 aromatic carbocycles. The molecule has 1 aromatic heterocycles. The molecule has 0 unspecified atom stereocenters. The van der Waals surface area contributed by atoms with Crippen LogP contribution in [0, 0.1) is 5.92 Å². The van der Waals surface area contributed by atoms with E-state index in [-0.39, 0.29) is 17.7 Å². The number of amides is 1. The molecule has 0 aliphatic carbocycles. The smallest absolute Gasteiger partial charge is 0.229 e. The SMILES string of the molecule is CC(C)c1ccccc1NC(=O)[C@H]1CNC[C@@H]1c1cnn(C)c1. The van der Waals surface area contributed by atoms with E-state index in [9.17, 15) is 4.79 Å². The lowest BCUT2D eigenvalue weighted by molar-refractivity contribution is -0.119. The van der Waals surface area contributed by atoms with E-state index < -0.39 is 0 Å². The van der Waals surface area contributed by atoms with Gasteiger partial charge in [0.15, 0.2) is 0 Å². The molecule has 2 aromatic rings. The molecule has 0 radical (unpaired) electrons. The van der Waals surface area contributed by atoms with Gasteiger partial charge in [0.2, 0.25) is 5.91 Å². The summed E-state index contributed by atoms with van der Waals surface area (Å²) in [7, 11) is 1.90. The second-order valence-electron chi connectivity index (χ2n) is 6.55. The van der Waals surface area contributed by atoms with E-state index in [0.717, 1.165) is 17.8 Å². The maximum Gasteiger partial charge on any atom is 0.229 e. The topological polar surface area (TPSA) is 59.0 Å². The van der Waals surface area contributed by atoms with Crippen molar-refractivity contribution in [3.63, 3.8) is 0 Å². The summed E-state index contributed by atoms with van der Waals surface area (Å²) in [4.78, 5) is 12.8. The molecule has 0 bridgehead atoms. The third-order valence-electron chi connectivity index (χ3n) is 4.54. The minimum absolute atomic E-state index is 0.0700. The molecule has 122 valence electrons. The van der Waals surface area contributed by atoms with Gasteiger partial charge in [-0.05, 0) is 23.1 Å². The number of rotatable bonds is 4. The van der Waals surface area contributed by atoms with Gasteiger partial charge in [-0.2, -0.15) is 5.10 Å². The first-order valence-corrected chi connectivity index (χ1v) is 8.15. The largest absolute Gasteiger partial charge is 0.326 e. The van der Waals surface area contributed by atoms with Crippen molar-refractivity contribution < 1.29 is 4.79 Å². The number of para-hydroxylation sites is 1. The fourth-order valence-electron chi connectivity index (χ4n) is 3.28. The van der Waals surface area contributed by atoms with Crippen molar-refractivity contribution in [3.8, 4) is 0 Å². The van der Waals surface area contributed by atoms with E-state index in [1.807, 2.05) is 37.6 Å². The lowest BCUT2D eigenvalue weighted by atomic mass is 9.90. The highest BCUT2D eigenvalue weighted by atomic mass is 16.2. The van der Waals surface area contributed by atoms with E-state index in [1.165, 1.54) is 5.56 Å². The van der Waals surface area contributed by atoms with Crippen molar-refractivity contribution in [1.82, 2.24) is 15.1 Å². The first-order valence-electron chi connectivity index (χ1n) is 8.15. The van der Waals surface area contributed by atoms with Crippen LogP contribution in [0.3, 0.4) is 0 Å². The zero-order valence-corrected chi connectivity index (χ0v) is 13.9. The standard InChI is InChI=1S/C18H24N4O/c1-12(2)14-6-4-5-7-17(14)21-18(23)16-10-19-9-15(16)13-8-20-22(3)11-13/h4-8,11-12,15-16,19H,9-10H2,1-3H3,(H,21,23)/t15-,16+/m1/s1. The molecule has 2 N–H and O–H groups in total. The minimum atomic E-state index is -0.0700. The predicted molar refractivity (Wildman–Crippen MR) is 91.5 cm³/mol. The van der Waals surface area contributed by atoms with Crippen molar-refractivity contribution in [2.45, 2.75) is 25.7 Å². The molecule has 2 heterocycles. The van der Waals surface area contributed by atoms with Crippen molar-refractivity contribution in [3.05, 3.63) is 47.8 Å². The molecule has 1 aliphatic heterocycles. The summed E-state index contributed by atoms with van der Waals surface area (Å²) >= 11 is 0. The molecule has 0 spiro atoms. The van der Waals surface area contributed by atoms with E-state index >= 15 is 0 Å². The van der Waals surface area contributed by atoms with Crippen LogP contribution in [0.4, 0.5) is 5.69 Å². The Bertz CT molecular complexity index is 692. The molecule has 1 amide bonds. The van der Waals surface area contributed by atoms with Crippen LogP contribution in [-0.4, -0.2) is 28.8 Å². The molecule has 0 saturated carbocycles. The van der Waals surface area contributed by atoms with E-state index in [2.05, 4.69) is 35.6 Å². The van der Waals surface area contributed by atoms with Crippen molar-refractivity contribution in [2.75, 3.05) is 18.4 Å². The Hall–Kier alpha value is -2.14. The number of hydrogen-bond acceptors (Lipinski definition) is 3. The van der Waals surface area contributed by atoms with Gasteiger partial charge in [-0.3, -0.25) is 9.48 Å². The monoisotopic (exact) mass is 312 g/mol. The highest BCUT2D eigenvalue weighted by Gasteiger charge is 2.34. The number of benzene rings is 1. The molecule has 23 heavy (non-hydrogen) atoms. The predicted octanol–water partition coefficient (Wildman–Crippen LogP) is 2.49. The van der Waals surface area contributed by atoms with Gasteiger partial charge in [0.25, 0.3) is 0 Å². The number of aryl methyl sites for hydroxylation is 1. The van der Waals surface area contributed by atoms with Crippen molar-refractivity contribution in [1.29, 1.82) is 0 Å². The highest BCUT2D eigenvalue weighted by molar-refractivity contribution is 5.94. The molecule has 2 atom stereocenters. The molecule has 1 saturated heterocycles. The zero-order chi connectivity index (χ0) is 16.4. The first kappa shape index (κ1) is 15.7. The summed E-state index contributed by atoms with van der Waals surface area (Å²) < 4.78 is 1.79. The third-order valence-corrected chi connectivity index (χ3v) is 4.54. The van der Waals surface area contributed by atoms with Crippen molar-refractivity contribution >= 4 is 11.6 Å². The van der Waals surface area contributed by atoms with E-state index in [1.54, 1.807) is 4.68 Å². The van der Waals surface area contributed by atoms with Crippen LogP contribution in [0.25, 0.3) is 0 Å². The quantitative estimate of drug-likeness (QED) is 0.912. The second kappa shape index (κ2) is 6.54. The molecule has 3 rings (SSSR count). The number of hydrogen-bond donors (Lipinski definition) is 2. The van der Waals surface area contributed by atoms with Gasteiger partial charge in [-0.25, -0.2) is 0 Å². The van der Waals surface area contributed by atoms with E-state index in [0.29, 0.717) is 12.5 Å². The van der Waals surface area contributed by atoms with Gasteiger partial charge in [0.1, 0.15) is 0 Å². The second-order valence-corrected chi connectivity index (χ2v) is 6.55.